The van der Waals surface area contributed by atoms with Crippen LogP contribution in [-0.2, 0) is 10.5 Å². The van der Waals surface area contributed by atoms with Gasteiger partial charge in [0.2, 0.25) is 11.1 Å². The van der Waals surface area contributed by atoms with Gasteiger partial charge in [0, 0.05) is 26.6 Å². The second-order valence-electron chi connectivity index (χ2n) is 8.97. The lowest BCUT2D eigenvalue weighted by atomic mass is 9.95. The molecule has 0 spiro atoms. The van der Waals surface area contributed by atoms with Crippen LogP contribution in [0, 0.1) is 13.8 Å². The van der Waals surface area contributed by atoms with Crippen LogP contribution in [0.4, 0.5) is 11.6 Å². The normalized spacial score (nSPS) is 14.8. The van der Waals surface area contributed by atoms with Gasteiger partial charge in [-0.1, -0.05) is 81.3 Å². The highest BCUT2D eigenvalue weighted by Gasteiger charge is 2.34. The molecule has 0 radical (unpaired) electrons. The van der Waals surface area contributed by atoms with E-state index in [9.17, 15) is 4.79 Å². The third-order valence-electron chi connectivity index (χ3n) is 6.15. The van der Waals surface area contributed by atoms with Crippen LogP contribution in [0.5, 0.6) is 0 Å². The van der Waals surface area contributed by atoms with Gasteiger partial charge in [0.1, 0.15) is 6.04 Å². The third-order valence-corrected chi connectivity index (χ3v) is 7.82. The molecule has 0 saturated heterocycles. The van der Waals surface area contributed by atoms with Gasteiger partial charge in [-0.25, -0.2) is 4.68 Å². The Kier molecular flexibility index (Phi) is 7.42. The van der Waals surface area contributed by atoms with Gasteiger partial charge in [-0.15, -0.1) is 5.10 Å². The second kappa shape index (κ2) is 10.7. The number of nitrogens with one attached hydrogen (secondary N) is 2. The summed E-state index contributed by atoms with van der Waals surface area (Å²) in [5, 5.41) is 12.6. The standard InChI is InChI=1S/C28H25BrClN5OS/c1-16-7-12-23(17(2)13-16)32-26(36)24-18(3)31-27-33-28(37-15-19-5-4-6-22(30)14-19)34-35(27)25(24)20-8-10-21(29)11-9-20/h4-14,25H,15H2,1-3H3,(H,32,36)(H,31,33,34)/t25-/m0/s1. The Morgan fingerprint density at radius 2 is 1.89 bits per heavy atom. The largest absolute Gasteiger partial charge is 0.328 e. The summed E-state index contributed by atoms with van der Waals surface area (Å²) in [5.74, 6) is 1.10. The monoisotopic (exact) mass is 593 g/mol. The predicted molar refractivity (Wildman–Crippen MR) is 154 cm³/mol. The van der Waals surface area contributed by atoms with Gasteiger partial charge in [-0.05, 0) is 67.8 Å². The fourth-order valence-corrected chi connectivity index (χ4v) is 5.61. The molecule has 0 bridgehead atoms. The van der Waals surface area contributed by atoms with E-state index in [1.54, 1.807) is 4.68 Å². The van der Waals surface area contributed by atoms with Crippen LogP contribution >= 0.6 is 39.3 Å². The summed E-state index contributed by atoms with van der Waals surface area (Å²) in [6.07, 6.45) is 0. The molecular formula is C28H25BrClN5OS. The minimum absolute atomic E-state index is 0.181. The molecule has 2 N–H and O–H groups in total. The summed E-state index contributed by atoms with van der Waals surface area (Å²) in [4.78, 5) is 18.5. The number of hydrogen-bond donors (Lipinski definition) is 2. The number of rotatable bonds is 6. The van der Waals surface area contributed by atoms with E-state index in [0.717, 1.165) is 38.1 Å². The van der Waals surface area contributed by atoms with E-state index in [1.165, 1.54) is 11.8 Å². The first-order chi connectivity index (χ1) is 17.8. The van der Waals surface area contributed by atoms with Crippen molar-refractivity contribution in [3.05, 3.63) is 110 Å². The molecule has 1 aromatic heterocycles. The van der Waals surface area contributed by atoms with Crippen molar-refractivity contribution < 1.29 is 4.79 Å². The van der Waals surface area contributed by atoms with E-state index in [0.29, 0.717) is 27.5 Å². The number of fused-ring (bicyclic) bond motifs is 1. The zero-order valence-corrected chi connectivity index (χ0v) is 23.7. The van der Waals surface area contributed by atoms with Gasteiger partial charge < -0.3 is 10.6 Å². The van der Waals surface area contributed by atoms with Crippen molar-refractivity contribution in [3.63, 3.8) is 0 Å². The Morgan fingerprint density at radius 1 is 1.11 bits per heavy atom. The van der Waals surface area contributed by atoms with Crippen LogP contribution in [0.15, 0.2) is 87.6 Å². The molecule has 6 nitrogen and oxygen atoms in total. The topological polar surface area (TPSA) is 71.8 Å². The van der Waals surface area contributed by atoms with Gasteiger partial charge in [-0.3, -0.25) is 4.79 Å². The van der Waals surface area contributed by atoms with Gasteiger partial charge in [-0.2, -0.15) is 4.98 Å². The molecule has 0 saturated carbocycles. The highest BCUT2D eigenvalue weighted by atomic mass is 79.9. The first kappa shape index (κ1) is 25.6. The lowest BCUT2D eigenvalue weighted by Crippen LogP contribution is -2.31. The summed E-state index contributed by atoms with van der Waals surface area (Å²) in [6, 6.07) is 21.2. The SMILES string of the molecule is CC1=C(C(=O)Nc2ccc(C)cc2C)[C@H](c2ccc(Br)cc2)n2nc(SCc3cccc(Cl)c3)nc2N1. The smallest absolute Gasteiger partial charge is 0.255 e. The maximum atomic E-state index is 13.7. The summed E-state index contributed by atoms with van der Waals surface area (Å²) in [6.45, 7) is 5.93. The number of carbonyl (C=O) groups is 1. The zero-order chi connectivity index (χ0) is 26.1. The Hall–Kier alpha value is -3.07. The number of thioether (sulfide) groups is 1. The molecular weight excluding hydrogens is 570 g/mol. The van der Waals surface area contributed by atoms with Gasteiger partial charge >= 0.3 is 0 Å². The van der Waals surface area contributed by atoms with Crippen LogP contribution in [0.25, 0.3) is 0 Å². The fraction of sp³-hybridized carbons (Fsp3) is 0.179. The molecule has 37 heavy (non-hydrogen) atoms. The molecule has 1 amide bonds. The van der Waals surface area contributed by atoms with Crippen molar-refractivity contribution in [2.75, 3.05) is 10.6 Å². The summed E-state index contributed by atoms with van der Waals surface area (Å²) >= 11 is 11.2. The van der Waals surface area contributed by atoms with E-state index in [4.69, 9.17) is 21.7 Å². The van der Waals surface area contributed by atoms with Crippen molar-refractivity contribution in [2.24, 2.45) is 0 Å². The van der Waals surface area contributed by atoms with Crippen molar-refractivity contribution in [1.82, 2.24) is 14.8 Å². The highest BCUT2D eigenvalue weighted by molar-refractivity contribution is 9.10. The molecule has 188 valence electrons. The number of nitrogens with zero attached hydrogens (tertiary/aromatic N) is 3. The molecule has 5 rings (SSSR count). The molecule has 9 heteroatoms. The van der Waals surface area contributed by atoms with Crippen LogP contribution < -0.4 is 10.6 Å². The van der Waals surface area contributed by atoms with Crippen molar-refractivity contribution in [3.8, 4) is 0 Å². The average molecular weight is 595 g/mol. The molecule has 4 aromatic rings. The van der Waals surface area contributed by atoms with E-state index < -0.39 is 6.04 Å². The van der Waals surface area contributed by atoms with E-state index in [-0.39, 0.29) is 5.91 Å². The van der Waals surface area contributed by atoms with Crippen LogP contribution in [-0.4, -0.2) is 20.7 Å². The average Bonchev–Trinajstić information content (AvgIpc) is 3.26. The minimum Gasteiger partial charge on any atom is -0.328 e. The Morgan fingerprint density at radius 3 is 2.62 bits per heavy atom. The van der Waals surface area contributed by atoms with E-state index in [2.05, 4.69) is 32.6 Å². The zero-order valence-electron chi connectivity index (χ0n) is 20.5. The van der Waals surface area contributed by atoms with Gasteiger partial charge in [0.15, 0.2) is 0 Å². The molecule has 0 aliphatic carbocycles. The number of aryl methyl sites for hydroxylation is 2. The second-order valence-corrected chi connectivity index (χ2v) is 11.3. The van der Waals surface area contributed by atoms with E-state index >= 15 is 0 Å². The minimum atomic E-state index is -0.442. The molecule has 1 atom stereocenters. The number of benzene rings is 3. The summed E-state index contributed by atoms with van der Waals surface area (Å²) in [5.41, 5.74) is 6.29. The number of amides is 1. The third kappa shape index (κ3) is 5.61. The molecule has 2 heterocycles. The Labute approximate surface area is 233 Å². The van der Waals surface area contributed by atoms with Crippen LogP contribution in [0.3, 0.4) is 0 Å². The number of halogens is 2. The van der Waals surface area contributed by atoms with Gasteiger partial charge in [0.25, 0.3) is 5.91 Å². The molecule has 0 fully saturated rings. The van der Waals surface area contributed by atoms with E-state index in [1.807, 2.05) is 81.4 Å². The number of aromatic nitrogens is 3. The lowest BCUT2D eigenvalue weighted by Gasteiger charge is -2.29. The first-order valence-electron chi connectivity index (χ1n) is 11.7. The summed E-state index contributed by atoms with van der Waals surface area (Å²) in [7, 11) is 0. The fourth-order valence-electron chi connectivity index (χ4n) is 4.36. The molecule has 0 unspecified atom stereocenters. The molecule has 1 aliphatic rings. The summed E-state index contributed by atoms with van der Waals surface area (Å²) < 4.78 is 2.76. The quantitative estimate of drug-likeness (QED) is 0.226. The van der Waals surface area contributed by atoms with Crippen LogP contribution in [0.1, 0.15) is 35.2 Å². The predicted octanol–water partition coefficient (Wildman–Crippen LogP) is 7.53. The highest BCUT2D eigenvalue weighted by Crippen LogP contribution is 2.37. The first-order valence-corrected chi connectivity index (χ1v) is 13.9. The number of anilines is 2. The molecule has 1 aliphatic heterocycles. The maximum Gasteiger partial charge on any atom is 0.255 e. The Bertz CT molecular complexity index is 1520. The molecule has 3 aromatic carbocycles. The Balaban J connectivity index is 1.49. The number of carbonyl (C=O) groups excluding carboxylic acids is 1. The van der Waals surface area contributed by atoms with Crippen molar-refractivity contribution in [1.29, 1.82) is 0 Å². The van der Waals surface area contributed by atoms with Crippen molar-refractivity contribution in [2.45, 2.75) is 37.7 Å². The number of allylic oxidation sites excluding steroid dienone is 1. The lowest BCUT2D eigenvalue weighted by molar-refractivity contribution is -0.113. The van der Waals surface area contributed by atoms with Crippen LogP contribution in [0.2, 0.25) is 5.02 Å². The van der Waals surface area contributed by atoms with Crippen molar-refractivity contribution >= 4 is 56.8 Å². The number of hydrogen-bond acceptors (Lipinski definition) is 5. The van der Waals surface area contributed by atoms with Gasteiger partial charge in [0.05, 0.1) is 5.57 Å². The maximum absolute atomic E-state index is 13.7.